The maximum Gasteiger partial charge on any atom is 0.139 e. The summed E-state index contributed by atoms with van der Waals surface area (Å²) in [5, 5.41) is 7.58. The van der Waals surface area contributed by atoms with Crippen LogP contribution in [0.15, 0.2) is 18.3 Å². The molecule has 0 amide bonds. The quantitative estimate of drug-likeness (QED) is 0.591. The van der Waals surface area contributed by atoms with Gasteiger partial charge in [0, 0.05) is 19.3 Å². The largest absolute Gasteiger partial charge is 0.384 e. The molecule has 1 fully saturated rings. The van der Waals surface area contributed by atoms with Gasteiger partial charge in [0.05, 0.1) is 17.8 Å². The lowest BCUT2D eigenvalue weighted by Gasteiger charge is -2.36. The summed E-state index contributed by atoms with van der Waals surface area (Å²) in [6, 6.07) is 3.63. The average molecular weight is 234 g/mol. The molecule has 2 atom stereocenters. The minimum absolute atomic E-state index is 0.0555. The molecule has 1 aliphatic rings. The van der Waals surface area contributed by atoms with E-state index in [0.717, 1.165) is 18.9 Å². The van der Waals surface area contributed by atoms with E-state index in [1.807, 2.05) is 19.9 Å². The van der Waals surface area contributed by atoms with Gasteiger partial charge in [0.15, 0.2) is 0 Å². The maximum absolute atomic E-state index is 7.58. The van der Waals surface area contributed by atoms with Crippen molar-refractivity contribution in [3.63, 3.8) is 0 Å². The molecule has 92 valence electrons. The Morgan fingerprint density at radius 3 is 2.71 bits per heavy atom. The van der Waals surface area contributed by atoms with Gasteiger partial charge in [-0.1, -0.05) is 0 Å². The number of anilines is 1. The fourth-order valence-corrected chi connectivity index (χ4v) is 2.21. The van der Waals surface area contributed by atoms with Crippen molar-refractivity contribution in [3.8, 4) is 0 Å². The van der Waals surface area contributed by atoms with Gasteiger partial charge in [0.2, 0.25) is 0 Å². The highest BCUT2D eigenvalue weighted by atomic mass is 16.5. The van der Waals surface area contributed by atoms with Crippen molar-refractivity contribution in [1.82, 2.24) is 4.98 Å². The summed E-state index contributed by atoms with van der Waals surface area (Å²) < 4.78 is 5.68. The van der Waals surface area contributed by atoms with Crippen LogP contribution >= 0.6 is 0 Å². The molecule has 1 saturated heterocycles. The summed E-state index contributed by atoms with van der Waals surface area (Å²) in [4.78, 5) is 6.48. The number of rotatable bonds is 2. The van der Waals surface area contributed by atoms with E-state index in [9.17, 15) is 0 Å². The van der Waals surface area contributed by atoms with E-state index >= 15 is 0 Å². The molecule has 2 unspecified atom stereocenters. The molecule has 5 heteroatoms. The fraction of sp³-hybridized carbons (Fsp3) is 0.500. The van der Waals surface area contributed by atoms with Crippen molar-refractivity contribution >= 4 is 11.7 Å². The first-order chi connectivity index (χ1) is 8.08. The topological polar surface area (TPSA) is 75.2 Å². The maximum atomic E-state index is 7.58. The van der Waals surface area contributed by atoms with Crippen molar-refractivity contribution in [2.75, 3.05) is 18.0 Å². The minimum atomic E-state index is 0.0555. The first-order valence-corrected chi connectivity index (χ1v) is 5.77. The van der Waals surface area contributed by atoms with Crippen LogP contribution in [0.25, 0.3) is 0 Å². The number of amidine groups is 1. The highest BCUT2D eigenvalue weighted by Crippen LogP contribution is 2.21. The van der Waals surface area contributed by atoms with Gasteiger partial charge in [-0.15, -0.1) is 0 Å². The third-order valence-corrected chi connectivity index (χ3v) is 2.80. The summed E-state index contributed by atoms with van der Waals surface area (Å²) in [6.45, 7) is 5.64. The van der Waals surface area contributed by atoms with Gasteiger partial charge >= 0.3 is 0 Å². The van der Waals surface area contributed by atoms with E-state index in [-0.39, 0.29) is 18.0 Å². The second-order valence-electron chi connectivity index (χ2n) is 4.45. The Balaban J connectivity index is 2.30. The van der Waals surface area contributed by atoms with Crippen LogP contribution in [0.3, 0.4) is 0 Å². The van der Waals surface area contributed by atoms with E-state index in [1.165, 1.54) is 0 Å². The molecule has 0 bridgehead atoms. The van der Waals surface area contributed by atoms with Crippen LogP contribution in [-0.2, 0) is 4.74 Å². The molecule has 0 aromatic carbocycles. The number of hydrogen-bond acceptors (Lipinski definition) is 4. The number of pyridine rings is 1. The normalized spacial score (nSPS) is 24.7. The highest BCUT2D eigenvalue weighted by Gasteiger charge is 2.25. The van der Waals surface area contributed by atoms with Crippen LogP contribution in [-0.4, -0.2) is 36.1 Å². The van der Waals surface area contributed by atoms with E-state index in [0.29, 0.717) is 5.56 Å². The van der Waals surface area contributed by atoms with Crippen LogP contribution in [0.4, 0.5) is 5.82 Å². The Labute approximate surface area is 101 Å². The van der Waals surface area contributed by atoms with Gasteiger partial charge in [-0.25, -0.2) is 4.98 Å². The number of nitrogens with zero attached hydrogens (tertiary/aromatic N) is 2. The lowest BCUT2D eigenvalue weighted by Crippen LogP contribution is -2.46. The lowest BCUT2D eigenvalue weighted by atomic mass is 10.1. The molecular formula is C12H18N4O. The monoisotopic (exact) mass is 234 g/mol. The third-order valence-electron chi connectivity index (χ3n) is 2.80. The highest BCUT2D eigenvalue weighted by molar-refractivity contribution is 5.99. The Morgan fingerprint density at radius 2 is 2.12 bits per heavy atom. The number of nitrogens with two attached hydrogens (primary N) is 1. The Bertz CT molecular complexity index is 411. The first-order valence-electron chi connectivity index (χ1n) is 5.77. The molecule has 2 rings (SSSR count). The number of morpholine rings is 1. The number of ether oxygens (including phenoxy) is 1. The van der Waals surface area contributed by atoms with Crippen molar-refractivity contribution in [2.24, 2.45) is 5.73 Å². The van der Waals surface area contributed by atoms with Crippen molar-refractivity contribution in [1.29, 1.82) is 5.41 Å². The molecule has 1 aromatic heterocycles. The summed E-state index contributed by atoms with van der Waals surface area (Å²) in [7, 11) is 0. The molecule has 1 aliphatic heterocycles. The number of aromatic nitrogens is 1. The Hall–Kier alpha value is -1.62. The Kier molecular flexibility index (Phi) is 3.28. The van der Waals surface area contributed by atoms with Crippen molar-refractivity contribution in [3.05, 3.63) is 23.9 Å². The molecule has 3 N–H and O–H groups in total. The van der Waals surface area contributed by atoms with Crippen LogP contribution in [0.5, 0.6) is 0 Å². The zero-order chi connectivity index (χ0) is 12.4. The van der Waals surface area contributed by atoms with E-state index in [1.54, 1.807) is 12.3 Å². The predicted molar refractivity (Wildman–Crippen MR) is 67.5 cm³/mol. The van der Waals surface area contributed by atoms with Crippen molar-refractivity contribution < 1.29 is 4.74 Å². The van der Waals surface area contributed by atoms with Gasteiger partial charge in [-0.2, -0.15) is 0 Å². The van der Waals surface area contributed by atoms with Gasteiger partial charge in [0.25, 0.3) is 0 Å². The molecule has 0 spiro atoms. The molecular weight excluding hydrogens is 216 g/mol. The minimum Gasteiger partial charge on any atom is -0.384 e. The standard InChI is InChI=1S/C12H18N4O/c1-8-6-16(7-9(2)17-8)12-10(11(13)14)4-3-5-15-12/h3-5,8-9H,6-7H2,1-2H3,(H3,13,14). The van der Waals surface area contributed by atoms with E-state index in [4.69, 9.17) is 15.9 Å². The molecule has 0 saturated carbocycles. The average Bonchev–Trinajstić information content (AvgIpc) is 2.27. The van der Waals surface area contributed by atoms with E-state index in [2.05, 4.69) is 9.88 Å². The van der Waals surface area contributed by atoms with Gasteiger partial charge in [0.1, 0.15) is 11.7 Å². The van der Waals surface area contributed by atoms with Crippen LogP contribution in [0.2, 0.25) is 0 Å². The summed E-state index contributed by atoms with van der Waals surface area (Å²) in [5.74, 6) is 0.835. The predicted octanol–water partition coefficient (Wildman–Crippen LogP) is 0.979. The molecule has 2 heterocycles. The lowest BCUT2D eigenvalue weighted by molar-refractivity contribution is -0.00546. The Morgan fingerprint density at radius 1 is 1.47 bits per heavy atom. The zero-order valence-electron chi connectivity index (χ0n) is 10.2. The summed E-state index contributed by atoms with van der Waals surface area (Å²) >= 11 is 0. The second kappa shape index (κ2) is 4.71. The van der Waals surface area contributed by atoms with Gasteiger partial charge < -0.3 is 15.4 Å². The number of hydrogen-bond donors (Lipinski definition) is 2. The summed E-state index contributed by atoms with van der Waals surface area (Å²) in [6.07, 6.45) is 2.06. The summed E-state index contributed by atoms with van der Waals surface area (Å²) in [5.41, 5.74) is 6.26. The zero-order valence-corrected chi connectivity index (χ0v) is 10.2. The van der Waals surface area contributed by atoms with Crippen LogP contribution in [0, 0.1) is 5.41 Å². The van der Waals surface area contributed by atoms with Crippen molar-refractivity contribution in [2.45, 2.75) is 26.1 Å². The molecule has 0 radical (unpaired) electrons. The molecule has 1 aromatic rings. The second-order valence-corrected chi connectivity index (χ2v) is 4.45. The third kappa shape index (κ3) is 2.55. The van der Waals surface area contributed by atoms with E-state index < -0.39 is 0 Å². The SMILES string of the molecule is CC1CN(c2ncccc2C(=N)N)CC(C)O1. The smallest absolute Gasteiger partial charge is 0.139 e. The van der Waals surface area contributed by atoms with Gasteiger partial charge in [-0.3, -0.25) is 5.41 Å². The number of nitrogen functional groups attached to an aromatic ring is 1. The van der Waals surface area contributed by atoms with Gasteiger partial charge in [-0.05, 0) is 26.0 Å². The fourth-order valence-electron chi connectivity index (χ4n) is 2.21. The molecule has 0 aliphatic carbocycles. The number of nitrogens with one attached hydrogen (secondary N) is 1. The van der Waals surface area contributed by atoms with Crippen LogP contribution < -0.4 is 10.6 Å². The molecule has 17 heavy (non-hydrogen) atoms. The first kappa shape index (κ1) is 11.9. The van der Waals surface area contributed by atoms with Crippen LogP contribution in [0.1, 0.15) is 19.4 Å². The molecule has 5 nitrogen and oxygen atoms in total.